The number of pyridine rings is 1. The summed E-state index contributed by atoms with van der Waals surface area (Å²) in [6.07, 6.45) is 7.51. The van der Waals surface area contributed by atoms with E-state index in [1.807, 2.05) is 41.1 Å². The highest BCUT2D eigenvalue weighted by Crippen LogP contribution is 2.33. The third-order valence-electron chi connectivity index (χ3n) is 4.60. The predicted octanol–water partition coefficient (Wildman–Crippen LogP) is 2.81. The highest BCUT2D eigenvalue weighted by molar-refractivity contribution is 6.00. The number of nitrogen functional groups attached to an aromatic ring is 1. The molecule has 1 aliphatic rings. The van der Waals surface area contributed by atoms with Gasteiger partial charge in [-0.05, 0) is 37.1 Å². The van der Waals surface area contributed by atoms with Crippen molar-refractivity contribution in [2.75, 3.05) is 11.1 Å². The molecule has 124 valence electrons. The van der Waals surface area contributed by atoms with Crippen molar-refractivity contribution in [1.29, 1.82) is 0 Å². The van der Waals surface area contributed by atoms with Crippen LogP contribution in [0.25, 0.3) is 27.7 Å². The first kappa shape index (κ1) is 14.0. The molecule has 4 N–H and O–H groups in total. The van der Waals surface area contributed by atoms with Gasteiger partial charge in [0.2, 0.25) is 5.91 Å². The number of imidazole rings is 1. The molecule has 3 aromatic heterocycles. The number of rotatable bonds is 3. The first-order valence-corrected chi connectivity index (χ1v) is 8.20. The summed E-state index contributed by atoms with van der Waals surface area (Å²) < 4.78 is 1.90. The molecular weight excluding hydrogens is 316 g/mol. The van der Waals surface area contributed by atoms with Gasteiger partial charge in [-0.25, -0.2) is 4.98 Å². The first-order chi connectivity index (χ1) is 12.2. The number of hydrogen-bond donors (Lipinski definition) is 3. The van der Waals surface area contributed by atoms with Gasteiger partial charge in [-0.15, -0.1) is 0 Å². The number of H-pyrrole nitrogens is 1. The first-order valence-electron chi connectivity index (χ1n) is 8.20. The largest absolute Gasteiger partial charge is 0.398 e. The Balaban J connectivity index is 1.58. The number of nitrogens with zero attached hydrogens (tertiary/aromatic N) is 3. The standard InChI is InChI=1S/C18H16N6O/c19-13-4-5-14-12(7-20-23-14)17(13)11-3-6-16-21-15(9-24(16)8-11)22-18(25)10-1-2-10/h3-10H,1-2,19H2,(H,20,23)(H,22,25). The van der Waals surface area contributed by atoms with Crippen molar-refractivity contribution in [3.63, 3.8) is 0 Å². The van der Waals surface area contributed by atoms with Gasteiger partial charge in [-0.3, -0.25) is 9.89 Å². The molecule has 3 heterocycles. The average molecular weight is 332 g/mol. The fourth-order valence-electron chi connectivity index (χ4n) is 3.13. The molecule has 4 aromatic rings. The number of aromatic nitrogens is 4. The molecule has 25 heavy (non-hydrogen) atoms. The van der Waals surface area contributed by atoms with Gasteiger partial charge in [0.15, 0.2) is 5.82 Å². The summed E-state index contributed by atoms with van der Waals surface area (Å²) in [6.45, 7) is 0. The number of hydrogen-bond acceptors (Lipinski definition) is 4. The molecule has 5 rings (SSSR count). The summed E-state index contributed by atoms with van der Waals surface area (Å²) in [5, 5.41) is 10.9. The van der Waals surface area contributed by atoms with E-state index >= 15 is 0 Å². The zero-order valence-electron chi connectivity index (χ0n) is 13.4. The molecule has 0 aliphatic heterocycles. The molecular formula is C18H16N6O. The van der Waals surface area contributed by atoms with Crippen molar-refractivity contribution in [3.05, 3.63) is 42.9 Å². The number of nitrogens with two attached hydrogens (primary N) is 1. The summed E-state index contributed by atoms with van der Waals surface area (Å²) in [4.78, 5) is 16.4. The molecule has 7 heteroatoms. The van der Waals surface area contributed by atoms with Crippen LogP contribution in [0.2, 0.25) is 0 Å². The van der Waals surface area contributed by atoms with Crippen molar-refractivity contribution in [2.45, 2.75) is 12.8 Å². The smallest absolute Gasteiger partial charge is 0.228 e. The minimum atomic E-state index is 0.0519. The topological polar surface area (TPSA) is 101 Å². The molecule has 0 atom stereocenters. The Hall–Kier alpha value is -3.35. The maximum atomic E-state index is 11.9. The third-order valence-corrected chi connectivity index (χ3v) is 4.60. The molecule has 7 nitrogen and oxygen atoms in total. The Kier molecular flexibility index (Phi) is 2.85. The Bertz CT molecular complexity index is 1120. The second kappa shape index (κ2) is 5.07. The Labute approximate surface area is 142 Å². The van der Waals surface area contributed by atoms with Crippen molar-refractivity contribution in [3.8, 4) is 11.1 Å². The third kappa shape index (κ3) is 2.32. The van der Waals surface area contributed by atoms with Crippen molar-refractivity contribution in [1.82, 2.24) is 19.6 Å². The molecule has 0 spiro atoms. The average Bonchev–Trinajstić information content (AvgIpc) is 3.22. The molecule has 0 radical (unpaired) electrons. The van der Waals surface area contributed by atoms with Crippen molar-refractivity contribution < 1.29 is 4.79 Å². The maximum Gasteiger partial charge on any atom is 0.228 e. The fourth-order valence-corrected chi connectivity index (χ4v) is 3.13. The SMILES string of the molecule is Nc1ccc2[nH]ncc2c1-c1ccc2nc(NC(=O)C3CC3)cn2c1. The maximum absolute atomic E-state index is 11.9. The number of fused-ring (bicyclic) bond motifs is 2. The highest BCUT2D eigenvalue weighted by atomic mass is 16.2. The molecule has 1 amide bonds. The summed E-state index contributed by atoms with van der Waals surface area (Å²) in [6, 6.07) is 7.69. The zero-order valence-corrected chi connectivity index (χ0v) is 13.4. The van der Waals surface area contributed by atoms with Crippen LogP contribution < -0.4 is 11.1 Å². The second-order valence-electron chi connectivity index (χ2n) is 6.43. The molecule has 1 aromatic carbocycles. The number of anilines is 2. The highest BCUT2D eigenvalue weighted by Gasteiger charge is 2.30. The number of nitrogens with one attached hydrogen (secondary N) is 2. The van der Waals surface area contributed by atoms with Gasteiger partial charge in [0.05, 0.1) is 17.9 Å². The number of amides is 1. The van der Waals surface area contributed by atoms with Crippen LogP contribution in [-0.4, -0.2) is 25.5 Å². The van der Waals surface area contributed by atoms with E-state index in [0.717, 1.165) is 40.5 Å². The minimum Gasteiger partial charge on any atom is -0.398 e. The number of benzene rings is 1. The van der Waals surface area contributed by atoms with Gasteiger partial charge in [0.1, 0.15) is 5.65 Å². The summed E-state index contributed by atoms with van der Waals surface area (Å²) in [7, 11) is 0. The van der Waals surface area contributed by atoms with Crippen LogP contribution in [0.5, 0.6) is 0 Å². The lowest BCUT2D eigenvalue weighted by Crippen LogP contribution is -2.13. The lowest BCUT2D eigenvalue weighted by atomic mass is 10.0. The Morgan fingerprint density at radius 3 is 2.96 bits per heavy atom. The lowest BCUT2D eigenvalue weighted by molar-refractivity contribution is -0.117. The Morgan fingerprint density at radius 2 is 2.12 bits per heavy atom. The van der Waals surface area contributed by atoms with Crippen molar-refractivity contribution >= 4 is 34.0 Å². The van der Waals surface area contributed by atoms with Gasteiger partial charge in [-0.2, -0.15) is 5.10 Å². The van der Waals surface area contributed by atoms with E-state index in [2.05, 4.69) is 20.5 Å². The summed E-state index contributed by atoms with van der Waals surface area (Å²) >= 11 is 0. The van der Waals surface area contributed by atoms with Crippen LogP contribution in [-0.2, 0) is 4.79 Å². The van der Waals surface area contributed by atoms with Crippen LogP contribution in [0.1, 0.15) is 12.8 Å². The lowest BCUT2D eigenvalue weighted by Gasteiger charge is -2.08. The van der Waals surface area contributed by atoms with Gasteiger partial charge in [0.25, 0.3) is 0 Å². The fraction of sp³-hybridized carbons (Fsp3) is 0.167. The molecule has 0 saturated heterocycles. The quantitative estimate of drug-likeness (QED) is 0.502. The monoisotopic (exact) mass is 332 g/mol. The van der Waals surface area contributed by atoms with Crippen LogP contribution in [0.4, 0.5) is 11.5 Å². The molecule has 0 bridgehead atoms. The second-order valence-corrected chi connectivity index (χ2v) is 6.43. The molecule has 1 aliphatic carbocycles. The van der Waals surface area contributed by atoms with Crippen LogP contribution >= 0.6 is 0 Å². The van der Waals surface area contributed by atoms with Crippen LogP contribution in [0, 0.1) is 5.92 Å². The molecule has 0 unspecified atom stereocenters. The number of carbonyl (C=O) groups is 1. The zero-order chi connectivity index (χ0) is 17.0. The molecule has 1 saturated carbocycles. The summed E-state index contributed by atoms with van der Waals surface area (Å²) in [5.74, 6) is 0.776. The minimum absolute atomic E-state index is 0.0519. The number of carbonyl (C=O) groups excluding carboxylic acids is 1. The van der Waals surface area contributed by atoms with E-state index in [9.17, 15) is 4.79 Å². The van der Waals surface area contributed by atoms with Gasteiger partial charge in [0, 0.05) is 34.3 Å². The van der Waals surface area contributed by atoms with Crippen LogP contribution in [0.3, 0.4) is 0 Å². The van der Waals surface area contributed by atoms with E-state index in [0.29, 0.717) is 11.5 Å². The van der Waals surface area contributed by atoms with Crippen LogP contribution in [0.15, 0.2) is 42.9 Å². The van der Waals surface area contributed by atoms with Gasteiger partial charge < -0.3 is 15.5 Å². The normalized spacial score (nSPS) is 14.2. The van der Waals surface area contributed by atoms with Crippen molar-refractivity contribution in [2.24, 2.45) is 5.92 Å². The van der Waals surface area contributed by atoms with Gasteiger partial charge in [-0.1, -0.05) is 0 Å². The Morgan fingerprint density at radius 1 is 1.24 bits per heavy atom. The predicted molar refractivity (Wildman–Crippen MR) is 96.0 cm³/mol. The van der Waals surface area contributed by atoms with E-state index < -0.39 is 0 Å². The molecule has 1 fully saturated rings. The van der Waals surface area contributed by atoms with Gasteiger partial charge >= 0.3 is 0 Å². The van der Waals surface area contributed by atoms with E-state index in [4.69, 9.17) is 5.73 Å². The van der Waals surface area contributed by atoms with E-state index in [1.54, 1.807) is 6.20 Å². The number of aromatic amines is 1. The summed E-state index contributed by atoms with van der Waals surface area (Å²) in [5.41, 5.74) is 10.5. The van der Waals surface area contributed by atoms with E-state index in [-0.39, 0.29) is 11.8 Å². The van der Waals surface area contributed by atoms with E-state index in [1.165, 1.54) is 0 Å².